The summed E-state index contributed by atoms with van der Waals surface area (Å²) in [6.45, 7) is 1.89. The van der Waals surface area contributed by atoms with Crippen molar-refractivity contribution in [3.8, 4) is 11.3 Å². The molecule has 5 heteroatoms. The summed E-state index contributed by atoms with van der Waals surface area (Å²) in [6.07, 6.45) is 3.85. The first-order chi connectivity index (χ1) is 13.6. The first kappa shape index (κ1) is 18.2. The number of anilines is 2. The Morgan fingerprint density at radius 1 is 1.11 bits per heavy atom. The van der Waals surface area contributed by atoms with Crippen molar-refractivity contribution in [3.05, 3.63) is 71.0 Å². The van der Waals surface area contributed by atoms with Crippen LogP contribution in [0.3, 0.4) is 0 Å². The van der Waals surface area contributed by atoms with Gasteiger partial charge in [0.1, 0.15) is 0 Å². The Kier molecular flexibility index (Phi) is 5.06. The number of hydrogen-bond donors (Lipinski definition) is 2. The molecule has 0 unspecified atom stereocenters. The molecule has 2 aromatic carbocycles. The number of hydrogen-bond acceptors (Lipinski definition) is 4. The van der Waals surface area contributed by atoms with Crippen molar-refractivity contribution < 1.29 is 4.79 Å². The van der Waals surface area contributed by atoms with E-state index >= 15 is 0 Å². The molecule has 0 aliphatic heterocycles. The van der Waals surface area contributed by atoms with Crippen molar-refractivity contribution in [2.75, 3.05) is 11.1 Å². The third kappa shape index (κ3) is 3.88. The normalized spacial score (nSPS) is 12.2. The van der Waals surface area contributed by atoms with E-state index in [4.69, 9.17) is 15.7 Å². The van der Waals surface area contributed by atoms with Crippen LogP contribution >= 0.6 is 0 Å². The Balaban J connectivity index is 1.45. The van der Waals surface area contributed by atoms with Gasteiger partial charge in [-0.15, -0.1) is 0 Å². The first-order valence-corrected chi connectivity index (χ1v) is 9.70. The smallest absolute Gasteiger partial charge is 0.225 e. The van der Waals surface area contributed by atoms with Crippen molar-refractivity contribution >= 4 is 17.4 Å². The highest BCUT2D eigenvalue weighted by Crippen LogP contribution is 2.33. The minimum absolute atomic E-state index is 0.0164. The van der Waals surface area contributed by atoms with Crippen LogP contribution < -0.4 is 11.1 Å². The number of nitrogens with one attached hydrogen (secondary N) is 1. The fraction of sp³-hybridized carbons (Fsp3) is 0.261. The highest BCUT2D eigenvalue weighted by Gasteiger charge is 2.21. The number of nitrogen functional groups attached to an aromatic ring is 1. The van der Waals surface area contributed by atoms with Crippen molar-refractivity contribution in [2.45, 2.75) is 39.0 Å². The topological polar surface area (TPSA) is 80.9 Å². The summed E-state index contributed by atoms with van der Waals surface area (Å²) in [5.74, 6) is 0.555. The second-order valence-electron chi connectivity index (χ2n) is 7.26. The van der Waals surface area contributed by atoms with Gasteiger partial charge in [0.05, 0.1) is 17.1 Å². The van der Waals surface area contributed by atoms with E-state index in [2.05, 4.69) is 17.4 Å². The average molecular weight is 372 g/mol. The van der Waals surface area contributed by atoms with Gasteiger partial charge in [-0.25, -0.2) is 9.97 Å². The molecule has 0 atom stereocenters. The van der Waals surface area contributed by atoms with Gasteiger partial charge < -0.3 is 11.1 Å². The van der Waals surface area contributed by atoms with Crippen molar-refractivity contribution in [3.63, 3.8) is 0 Å². The summed E-state index contributed by atoms with van der Waals surface area (Å²) in [7, 11) is 0. The molecule has 0 fully saturated rings. The van der Waals surface area contributed by atoms with Gasteiger partial charge in [0.2, 0.25) is 5.91 Å². The minimum Gasteiger partial charge on any atom is -0.399 e. The van der Waals surface area contributed by atoms with E-state index in [1.807, 2.05) is 43.3 Å². The van der Waals surface area contributed by atoms with Gasteiger partial charge in [0.15, 0.2) is 5.82 Å². The van der Waals surface area contributed by atoms with Gasteiger partial charge in [-0.3, -0.25) is 4.79 Å². The third-order valence-corrected chi connectivity index (χ3v) is 5.13. The summed E-state index contributed by atoms with van der Waals surface area (Å²) >= 11 is 0. The molecular weight excluding hydrogens is 348 g/mol. The zero-order valence-corrected chi connectivity index (χ0v) is 16.0. The van der Waals surface area contributed by atoms with Crippen LogP contribution in [0.5, 0.6) is 0 Å². The molecule has 3 N–H and O–H groups in total. The molecule has 142 valence electrons. The molecule has 4 rings (SSSR count). The predicted octanol–water partition coefficient (Wildman–Crippen LogP) is 4.09. The van der Waals surface area contributed by atoms with Gasteiger partial charge >= 0.3 is 0 Å². The molecule has 0 saturated heterocycles. The number of rotatable bonds is 5. The summed E-state index contributed by atoms with van der Waals surface area (Å²) in [5, 5.41) is 2.95. The molecule has 1 aromatic heterocycles. The Hall–Kier alpha value is -3.21. The monoisotopic (exact) mass is 372 g/mol. The minimum atomic E-state index is -0.0164. The number of aromatic nitrogens is 2. The van der Waals surface area contributed by atoms with Gasteiger partial charge in [0.25, 0.3) is 0 Å². The molecule has 28 heavy (non-hydrogen) atoms. The summed E-state index contributed by atoms with van der Waals surface area (Å²) < 4.78 is 0. The Morgan fingerprint density at radius 3 is 2.75 bits per heavy atom. The molecule has 3 aromatic rings. The maximum Gasteiger partial charge on any atom is 0.225 e. The van der Waals surface area contributed by atoms with E-state index in [0.717, 1.165) is 54.0 Å². The molecule has 1 amide bonds. The fourth-order valence-corrected chi connectivity index (χ4v) is 3.66. The van der Waals surface area contributed by atoms with E-state index in [-0.39, 0.29) is 5.91 Å². The highest BCUT2D eigenvalue weighted by molar-refractivity contribution is 5.90. The van der Waals surface area contributed by atoms with E-state index in [0.29, 0.717) is 12.2 Å². The quantitative estimate of drug-likeness (QED) is 0.661. The fourth-order valence-electron chi connectivity index (χ4n) is 3.66. The first-order valence-electron chi connectivity index (χ1n) is 9.70. The summed E-state index contributed by atoms with van der Waals surface area (Å²) in [6, 6.07) is 16.1. The van der Waals surface area contributed by atoms with Crippen molar-refractivity contribution in [1.29, 1.82) is 0 Å². The van der Waals surface area contributed by atoms with Gasteiger partial charge in [-0.1, -0.05) is 36.4 Å². The molecule has 5 nitrogen and oxygen atoms in total. The molecule has 0 bridgehead atoms. The lowest BCUT2D eigenvalue weighted by atomic mass is 9.91. The van der Waals surface area contributed by atoms with E-state index < -0.39 is 0 Å². The van der Waals surface area contributed by atoms with Crippen LogP contribution in [0.15, 0.2) is 48.5 Å². The molecule has 1 heterocycles. The van der Waals surface area contributed by atoms with E-state index in [1.165, 1.54) is 11.1 Å². The number of carbonyl (C=O) groups excluding carboxylic acids is 1. The Bertz CT molecular complexity index is 1010. The zero-order chi connectivity index (χ0) is 19.5. The van der Waals surface area contributed by atoms with Crippen LogP contribution in [-0.2, 0) is 24.1 Å². The van der Waals surface area contributed by atoms with Crippen LogP contribution in [0.2, 0.25) is 0 Å². The van der Waals surface area contributed by atoms with Crippen molar-refractivity contribution in [1.82, 2.24) is 9.97 Å². The lowest BCUT2D eigenvalue weighted by Crippen LogP contribution is -2.17. The highest BCUT2D eigenvalue weighted by atomic mass is 16.1. The number of nitrogens with zero attached hydrogens (tertiary/aromatic N) is 2. The van der Waals surface area contributed by atoms with Crippen LogP contribution in [0.25, 0.3) is 11.3 Å². The third-order valence-electron chi connectivity index (χ3n) is 5.13. The van der Waals surface area contributed by atoms with Gasteiger partial charge in [-0.05, 0) is 55.9 Å². The van der Waals surface area contributed by atoms with Gasteiger partial charge in [0, 0.05) is 17.7 Å². The molecule has 0 saturated carbocycles. The number of amides is 1. The van der Waals surface area contributed by atoms with E-state index in [1.54, 1.807) is 0 Å². The second-order valence-corrected chi connectivity index (χ2v) is 7.26. The number of benzene rings is 2. The van der Waals surface area contributed by atoms with Gasteiger partial charge in [-0.2, -0.15) is 0 Å². The number of carbonyl (C=O) groups is 1. The van der Waals surface area contributed by atoms with Crippen LogP contribution in [-0.4, -0.2) is 15.9 Å². The molecule has 0 spiro atoms. The van der Waals surface area contributed by atoms with Crippen molar-refractivity contribution in [2.24, 2.45) is 0 Å². The average Bonchev–Trinajstić information content (AvgIpc) is 2.69. The second kappa shape index (κ2) is 7.80. The maximum absolute atomic E-state index is 12.4. The Labute approximate surface area is 165 Å². The zero-order valence-electron chi connectivity index (χ0n) is 16.0. The number of aryl methyl sites for hydroxylation is 4. The number of nitrogens with two attached hydrogens (primary N) is 1. The van der Waals surface area contributed by atoms with Crippen LogP contribution in [0.1, 0.15) is 35.4 Å². The SMILES string of the molecule is Cc1nc2c(nc1NC(=O)CCCc1ccccc1)CCc1cc(N)ccc1-2. The lowest BCUT2D eigenvalue weighted by Gasteiger charge is -2.20. The summed E-state index contributed by atoms with van der Waals surface area (Å²) in [4.78, 5) is 21.8. The summed E-state index contributed by atoms with van der Waals surface area (Å²) in [5.41, 5.74) is 12.8. The largest absolute Gasteiger partial charge is 0.399 e. The standard InChI is InChI=1S/C23H24N4O/c1-15-23(27-21(28)9-5-8-16-6-3-2-4-7-16)26-20-13-10-17-14-18(24)11-12-19(17)22(20)25-15/h2-4,6-7,11-12,14H,5,8-10,13,24H2,1H3,(H,26,27,28). The lowest BCUT2D eigenvalue weighted by molar-refractivity contribution is -0.116. The van der Waals surface area contributed by atoms with Crippen LogP contribution in [0.4, 0.5) is 11.5 Å². The predicted molar refractivity (Wildman–Crippen MR) is 112 cm³/mol. The molecule has 1 aliphatic carbocycles. The molecule has 1 aliphatic rings. The molecular formula is C23H24N4O. The molecule has 0 radical (unpaired) electrons. The van der Waals surface area contributed by atoms with E-state index in [9.17, 15) is 4.79 Å². The Morgan fingerprint density at radius 2 is 1.93 bits per heavy atom. The maximum atomic E-state index is 12.4. The van der Waals surface area contributed by atoms with Crippen LogP contribution in [0, 0.1) is 6.92 Å². The number of fused-ring (bicyclic) bond motifs is 3.